The molecule has 0 N–H and O–H groups in total. The summed E-state index contributed by atoms with van der Waals surface area (Å²) in [5, 5.41) is -3.99. The van der Waals surface area contributed by atoms with Crippen LogP contribution in [0.2, 0.25) is 0 Å². The average Bonchev–Trinajstić information content (AvgIpc) is 4.15. The minimum atomic E-state index is -1.05. The molecule has 0 spiro atoms. The van der Waals surface area contributed by atoms with Crippen molar-refractivity contribution in [2.45, 2.75) is 6.92 Å². The van der Waals surface area contributed by atoms with Crippen molar-refractivity contribution in [1.29, 1.82) is 0 Å². The lowest BCUT2D eigenvalue weighted by Gasteiger charge is -2.12. The molecule has 0 bridgehead atoms. The molecule has 248 valence electrons. The highest BCUT2D eigenvalue weighted by molar-refractivity contribution is 6.29. The number of hydrogen-bond acceptors (Lipinski definition) is 2. The molecule has 0 aliphatic rings. The minimum absolute atomic E-state index is 0.0848. The first-order valence-corrected chi connectivity index (χ1v) is 15.7. The highest BCUT2D eigenvalue weighted by atomic mass is 15.0. The van der Waals surface area contributed by atoms with Crippen molar-refractivity contribution in [2.24, 2.45) is 0 Å². The first-order valence-electron chi connectivity index (χ1n) is 30.2. The van der Waals surface area contributed by atoms with E-state index in [2.05, 4.69) is 9.97 Å². The van der Waals surface area contributed by atoms with Gasteiger partial charge in [-0.15, -0.1) is 0 Å². The lowest BCUT2D eigenvalue weighted by Crippen LogP contribution is -1.96. The first-order chi connectivity index (χ1) is 38.3. The SMILES string of the molecule is [2H]c1c([2H])c([2H])c(-n2c3c([2H])c([2H])c([2H])c([2H])c3c3c4c5c([2H])c([2H])c([2H])c([2H])c5n(-c5c([2H])c([2H])c6c([2H])c(-c7nc(-c8c([2H])c([2H])c(C)c([2H])c8[2H])c8c([2H])c([2H])c([2H])c([2H])c8n7)c([2H])c([2H])c6c5[2H])c4c([2H])c([2H])c32)c([2H])c1[2H]. The van der Waals surface area contributed by atoms with Crippen LogP contribution in [0.1, 0.15) is 45.3 Å². The van der Waals surface area contributed by atoms with Gasteiger partial charge in [0.1, 0.15) is 0 Å². The Kier molecular flexibility index (Phi) is 2.79. The summed E-state index contributed by atoms with van der Waals surface area (Å²) < 4.78 is 263. The van der Waals surface area contributed by atoms with E-state index >= 15 is 0 Å². The summed E-state index contributed by atoms with van der Waals surface area (Å²) in [4.78, 5) is 8.75. The van der Waals surface area contributed by atoms with E-state index in [0.717, 1.165) is 9.13 Å². The topological polar surface area (TPSA) is 35.6 Å². The maximum atomic E-state index is 9.84. The van der Waals surface area contributed by atoms with Gasteiger partial charge in [-0.25, -0.2) is 9.97 Å². The van der Waals surface area contributed by atoms with Crippen LogP contribution >= 0.6 is 0 Å². The molecule has 11 aromatic rings. The predicted octanol–water partition coefficient (Wildman–Crippen LogP) is 12.6. The number of nitrogens with zero attached hydrogens (tertiary/aromatic N) is 4. The third-order valence-electron chi connectivity index (χ3n) is 8.60. The Hall–Kier alpha value is -7.04. The summed E-state index contributed by atoms with van der Waals surface area (Å²) in [6.45, 7) is 1.31. The predicted molar refractivity (Wildman–Crippen MR) is 221 cm³/mol. The van der Waals surface area contributed by atoms with E-state index in [1.54, 1.807) is 0 Å². The first kappa shape index (κ1) is 12.9. The molecule has 0 saturated heterocycles. The zero-order valence-electron chi connectivity index (χ0n) is 55.8. The van der Waals surface area contributed by atoms with Crippen LogP contribution in [0.4, 0.5) is 0 Å². The van der Waals surface area contributed by atoms with Crippen LogP contribution in [0, 0.1) is 6.92 Å². The fourth-order valence-corrected chi connectivity index (χ4v) is 6.37. The zero-order valence-corrected chi connectivity index (χ0v) is 26.8. The Morgan fingerprint density at radius 1 is 0.434 bits per heavy atom. The number of rotatable bonds is 4. The third kappa shape index (κ3) is 4.56. The largest absolute Gasteiger partial charge is 0.309 e. The van der Waals surface area contributed by atoms with Gasteiger partial charge in [-0.3, -0.25) is 0 Å². The Bertz CT molecular complexity index is 4870. The summed E-state index contributed by atoms with van der Waals surface area (Å²) in [6, 6.07) is -25.1. The van der Waals surface area contributed by atoms with Crippen LogP contribution < -0.4 is 0 Å². The third-order valence-corrected chi connectivity index (χ3v) is 8.60. The second kappa shape index (κ2) is 11.5. The number of aromatic nitrogens is 4. The number of fused-ring (bicyclic) bond motifs is 9. The molecule has 11 rings (SSSR count). The van der Waals surface area contributed by atoms with Crippen LogP contribution in [-0.4, -0.2) is 19.1 Å². The molecular formula is C49H32N4. The zero-order chi connectivity index (χ0) is 60.3. The lowest BCUT2D eigenvalue weighted by molar-refractivity contribution is 1.17. The molecule has 0 unspecified atom stereocenters. The van der Waals surface area contributed by atoms with Gasteiger partial charge in [0.2, 0.25) is 0 Å². The van der Waals surface area contributed by atoms with Crippen molar-refractivity contribution in [2.75, 3.05) is 0 Å². The van der Waals surface area contributed by atoms with E-state index in [1.165, 1.54) is 6.92 Å². The van der Waals surface area contributed by atoms with Gasteiger partial charge in [0.15, 0.2) is 5.82 Å². The molecule has 0 saturated carbocycles. The van der Waals surface area contributed by atoms with Crippen LogP contribution in [0.5, 0.6) is 0 Å². The van der Waals surface area contributed by atoms with E-state index in [1.807, 2.05) is 0 Å². The lowest BCUT2D eigenvalue weighted by atomic mass is 10.0. The monoisotopic (exact) mass is 705 g/mol. The molecular weight excluding hydrogens is 645 g/mol. The summed E-state index contributed by atoms with van der Waals surface area (Å²) in [5.41, 5.74) is -6.65. The van der Waals surface area contributed by atoms with Gasteiger partial charge < -0.3 is 9.13 Å². The summed E-state index contributed by atoms with van der Waals surface area (Å²) in [7, 11) is 0. The maximum Gasteiger partial charge on any atom is 0.160 e. The number of hydrogen-bond donors (Lipinski definition) is 0. The minimum Gasteiger partial charge on any atom is -0.309 e. The normalized spacial score (nSPS) is 19.5. The highest BCUT2D eigenvalue weighted by Gasteiger charge is 2.20. The molecule has 3 aromatic heterocycles. The molecule has 4 heteroatoms. The van der Waals surface area contributed by atoms with Crippen LogP contribution in [-0.2, 0) is 0 Å². The molecule has 0 amide bonds. The van der Waals surface area contributed by atoms with Gasteiger partial charge in [-0.05, 0) is 78.1 Å². The second-order valence-electron chi connectivity index (χ2n) is 11.6. The van der Waals surface area contributed by atoms with Gasteiger partial charge >= 0.3 is 0 Å². The van der Waals surface area contributed by atoms with E-state index in [-0.39, 0.29) is 5.56 Å². The molecule has 4 nitrogen and oxygen atoms in total. The molecule has 0 radical (unpaired) electrons. The fraction of sp³-hybridized carbons (Fsp3) is 0.0204. The van der Waals surface area contributed by atoms with Crippen molar-refractivity contribution in [1.82, 2.24) is 19.1 Å². The van der Waals surface area contributed by atoms with E-state index in [9.17, 15) is 15.1 Å². The quantitative estimate of drug-likeness (QED) is 0.183. The average molecular weight is 706 g/mol. The van der Waals surface area contributed by atoms with Crippen molar-refractivity contribution in [3.63, 3.8) is 0 Å². The molecule has 0 fully saturated rings. The molecule has 3 heterocycles. The van der Waals surface area contributed by atoms with Crippen molar-refractivity contribution >= 4 is 65.3 Å². The molecule has 53 heavy (non-hydrogen) atoms. The summed E-state index contributed by atoms with van der Waals surface area (Å²) in [6.07, 6.45) is 0. The molecule has 8 aromatic carbocycles. The van der Waals surface area contributed by atoms with E-state index in [0.29, 0.717) is 0 Å². The number of benzene rings is 8. The Morgan fingerprint density at radius 3 is 1.72 bits per heavy atom. The van der Waals surface area contributed by atoms with E-state index < -0.39 is 275 Å². The maximum absolute atomic E-state index is 9.84. The smallest absolute Gasteiger partial charge is 0.160 e. The fourth-order valence-electron chi connectivity index (χ4n) is 6.37. The van der Waals surface area contributed by atoms with Crippen molar-refractivity contribution in [3.8, 4) is 34.0 Å². The van der Waals surface area contributed by atoms with Crippen LogP contribution in [0.25, 0.3) is 99.3 Å². The summed E-state index contributed by atoms with van der Waals surface area (Å²) >= 11 is 0. The number of para-hydroxylation sites is 4. The van der Waals surface area contributed by atoms with Crippen molar-refractivity contribution in [3.05, 3.63) is 181 Å². The van der Waals surface area contributed by atoms with Crippen LogP contribution in [0.15, 0.2) is 175 Å². The van der Waals surface area contributed by atoms with Gasteiger partial charge in [0, 0.05) is 49.4 Å². The van der Waals surface area contributed by atoms with Crippen molar-refractivity contribution < 1.29 is 39.8 Å². The Morgan fingerprint density at radius 2 is 1.00 bits per heavy atom. The molecule has 0 atom stereocenters. The van der Waals surface area contributed by atoms with Gasteiger partial charge in [0.05, 0.1) is 73.0 Å². The Labute approximate surface area is 346 Å². The van der Waals surface area contributed by atoms with Gasteiger partial charge in [-0.2, -0.15) is 0 Å². The van der Waals surface area contributed by atoms with Crippen LogP contribution in [0.3, 0.4) is 0 Å². The molecule has 0 aliphatic carbocycles. The standard InChI is InChI=1S/C49H32N4/c1-31-19-21-32(22-20-31)48-38-13-5-8-16-41(38)50-49(51-48)35-24-23-34-30-37(26-25-33(34)29-35)53-43-18-10-7-15-40(43)47-45(53)28-27-44-46(47)39-14-6-9-17-42(39)52(44)36-11-3-2-4-12-36/h2-30H,1H3/i2D,3D,4D,5D,6D,7D,8D,9D,10D,11D,12D,13D,14D,15D,16D,17D,18D,19D,20D,21D,22D,23D,24D,25D,26D,27D,28D,29D,30D. The highest BCUT2D eigenvalue weighted by Crippen LogP contribution is 2.42. The van der Waals surface area contributed by atoms with Gasteiger partial charge in [0.25, 0.3) is 0 Å². The second-order valence-corrected chi connectivity index (χ2v) is 11.6. The Balaban J connectivity index is 1.33. The van der Waals surface area contributed by atoms with E-state index in [4.69, 9.17) is 24.7 Å². The summed E-state index contributed by atoms with van der Waals surface area (Å²) in [5.74, 6) is -0.762. The molecule has 0 aliphatic heterocycles. The van der Waals surface area contributed by atoms with Gasteiger partial charge in [-0.1, -0.05) is 120 Å².